The summed E-state index contributed by atoms with van der Waals surface area (Å²) in [5.41, 5.74) is -1.77. The van der Waals surface area contributed by atoms with Gasteiger partial charge < -0.3 is 34.3 Å². The largest absolute Gasteiger partial charge is 0.467 e. The Morgan fingerprint density at radius 1 is 0.837 bits per heavy atom. The number of amides is 2. The predicted molar refractivity (Wildman–Crippen MR) is 168 cm³/mol. The van der Waals surface area contributed by atoms with Gasteiger partial charge in [-0.05, 0) is 90.2 Å². The van der Waals surface area contributed by atoms with Gasteiger partial charge in [0.05, 0.1) is 12.8 Å². The lowest BCUT2D eigenvalue weighted by molar-refractivity contribution is -0.143. The molecule has 0 aromatic heterocycles. The first-order valence-corrected chi connectivity index (χ1v) is 14.0. The molecule has 43 heavy (non-hydrogen) atoms. The minimum absolute atomic E-state index is 0.0145. The number of carbonyl (C=O) groups is 3. The highest BCUT2D eigenvalue weighted by atomic mass is 32.1. The monoisotopic (exact) mass is 631 g/mol. The van der Waals surface area contributed by atoms with Crippen LogP contribution in [-0.2, 0) is 19.0 Å². The van der Waals surface area contributed by atoms with Crippen LogP contribution in [0, 0.1) is 0 Å². The standard InChI is InChI=1S/C30H37N3O8S2/c1-29(2,3)40-25(35)32-23(24(34)37-7)18-20(19-31-26(42)38-21-14-10-8-11-15-21)33(27(36)41-30(4,5)6)28(43)39-22-16-12-9-13-17-22/h8-17,19,23H,18H2,1-7H3,(H,31,42)(H,32,35)/b20-19-/t23-/m0/s1. The highest BCUT2D eigenvalue weighted by molar-refractivity contribution is 7.80. The van der Waals surface area contributed by atoms with Crippen LogP contribution in [0.3, 0.4) is 0 Å². The number of alkyl carbamates (subject to hydrolysis) is 1. The normalized spacial score (nSPS) is 12.2. The van der Waals surface area contributed by atoms with Gasteiger partial charge >= 0.3 is 18.2 Å². The van der Waals surface area contributed by atoms with Crippen molar-refractivity contribution in [2.45, 2.75) is 65.2 Å². The average Bonchev–Trinajstić information content (AvgIpc) is 2.89. The van der Waals surface area contributed by atoms with Crippen molar-refractivity contribution in [1.29, 1.82) is 0 Å². The van der Waals surface area contributed by atoms with Crippen LogP contribution in [0.4, 0.5) is 9.59 Å². The second-order valence-corrected chi connectivity index (χ2v) is 11.6. The molecule has 11 nitrogen and oxygen atoms in total. The van der Waals surface area contributed by atoms with Crippen molar-refractivity contribution in [3.8, 4) is 11.5 Å². The Hall–Kier alpha value is -4.23. The van der Waals surface area contributed by atoms with Gasteiger partial charge in [0.25, 0.3) is 10.3 Å². The summed E-state index contributed by atoms with van der Waals surface area (Å²) in [7, 11) is 1.16. The molecule has 2 N–H and O–H groups in total. The second kappa shape index (κ2) is 15.8. The molecule has 2 aromatic carbocycles. The lowest BCUT2D eigenvalue weighted by Crippen LogP contribution is -2.48. The van der Waals surface area contributed by atoms with E-state index in [1.54, 1.807) is 96.1 Å². The van der Waals surface area contributed by atoms with Crippen molar-refractivity contribution in [2.24, 2.45) is 0 Å². The van der Waals surface area contributed by atoms with Gasteiger partial charge in [-0.1, -0.05) is 36.4 Å². The van der Waals surface area contributed by atoms with Crippen molar-refractivity contribution in [3.05, 3.63) is 72.6 Å². The Kier molecular flexibility index (Phi) is 12.9. The highest BCUT2D eigenvalue weighted by Crippen LogP contribution is 2.22. The maximum atomic E-state index is 13.6. The summed E-state index contributed by atoms with van der Waals surface area (Å²) in [5, 5.41) is 4.86. The summed E-state index contributed by atoms with van der Waals surface area (Å²) in [4.78, 5) is 40.0. The molecule has 0 heterocycles. The fourth-order valence-corrected chi connectivity index (χ4v) is 3.67. The third kappa shape index (κ3) is 13.1. The van der Waals surface area contributed by atoms with Gasteiger partial charge in [-0.25, -0.2) is 19.3 Å². The first-order chi connectivity index (χ1) is 20.1. The highest BCUT2D eigenvalue weighted by Gasteiger charge is 2.34. The van der Waals surface area contributed by atoms with Gasteiger partial charge in [0.2, 0.25) is 0 Å². The Bertz CT molecular complexity index is 1310. The van der Waals surface area contributed by atoms with E-state index in [9.17, 15) is 14.4 Å². The number of benzene rings is 2. The third-order valence-electron chi connectivity index (χ3n) is 4.89. The summed E-state index contributed by atoms with van der Waals surface area (Å²) in [5.74, 6) is -0.0208. The van der Waals surface area contributed by atoms with Crippen LogP contribution in [0.15, 0.2) is 72.6 Å². The lowest BCUT2D eigenvalue weighted by atomic mass is 10.1. The van der Waals surface area contributed by atoms with E-state index in [1.807, 2.05) is 6.07 Å². The van der Waals surface area contributed by atoms with Crippen LogP contribution in [0.5, 0.6) is 11.5 Å². The molecule has 2 aromatic rings. The zero-order valence-electron chi connectivity index (χ0n) is 25.2. The average molecular weight is 632 g/mol. The van der Waals surface area contributed by atoms with E-state index in [4.69, 9.17) is 48.1 Å². The molecule has 0 aliphatic rings. The van der Waals surface area contributed by atoms with Gasteiger partial charge in [-0.3, -0.25) is 0 Å². The molecule has 0 fully saturated rings. The van der Waals surface area contributed by atoms with Crippen molar-refractivity contribution >= 4 is 52.9 Å². The number of nitrogens with zero attached hydrogens (tertiary/aromatic N) is 1. The molecule has 2 rings (SSSR count). The van der Waals surface area contributed by atoms with E-state index < -0.39 is 35.4 Å². The number of para-hydroxylation sites is 2. The van der Waals surface area contributed by atoms with Crippen LogP contribution >= 0.6 is 24.4 Å². The van der Waals surface area contributed by atoms with Gasteiger partial charge in [0.15, 0.2) is 0 Å². The fraction of sp³-hybridized carbons (Fsp3) is 0.367. The minimum atomic E-state index is -1.33. The fourth-order valence-electron chi connectivity index (χ4n) is 3.23. The zero-order valence-corrected chi connectivity index (χ0v) is 26.8. The summed E-state index contributed by atoms with van der Waals surface area (Å²) < 4.78 is 27.3. The number of rotatable bonds is 8. The SMILES string of the molecule is COC(=O)[C@H](C/C(=C/NC(=S)Oc1ccccc1)N(C(=O)OC(C)(C)C)C(=S)Oc1ccccc1)NC(=O)OC(C)(C)C. The first kappa shape index (κ1) is 35.0. The molecule has 0 spiro atoms. The second-order valence-electron chi connectivity index (χ2n) is 10.9. The summed E-state index contributed by atoms with van der Waals surface area (Å²) in [6.45, 7) is 10.0. The molecular formula is C30H37N3O8S2. The molecular weight excluding hydrogens is 594 g/mol. The number of hydrogen-bond acceptors (Lipinski definition) is 10. The molecule has 1 atom stereocenters. The molecule has 0 unspecified atom stereocenters. The van der Waals surface area contributed by atoms with Crippen LogP contribution in [0.2, 0.25) is 0 Å². The van der Waals surface area contributed by atoms with Gasteiger partial charge in [-0.2, -0.15) is 0 Å². The van der Waals surface area contributed by atoms with E-state index in [0.29, 0.717) is 11.5 Å². The summed E-state index contributed by atoms with van der Waals surface area (Å²) in [6.07, 6.45) is -0.852. The molecule has 2 amide bonds. The molecule has 13 heteroatoms. The first-order valence-electron chi connectivity index (χ1n) is 13.2. The van der Waals surface area contributed by atoms with Crippen LogP contribution in [-0.4, -0.2) is 57.8 Å². The quantitative estimate of drug-likeness (QED) is 0.207. The number of hydrogen-bond donors (Lipinski definition) is 2. The molecule has 0 aliphatic heterocycles. The van der Waals surface area contributed by atoms with Gasteiger partial charge in [0.1, 0.15) is 28.7 Å². The third-order valence-corrected chi connectivity index (χ3v) is 5.36. The molecule has 0 saturated heterocycles. The number of esters is 1. The van der Waals surface area contributed by atoms with Crippen molar-refractivity contribution < 1.29 is 38.1 Å². The molecule has 0 saturated carbocycles. The maximum absolute atomic E-state index is 13.6. The number of carbonyl (C=O) groups excluding carboxylic acids is 3. The van der Waals surface area contributed by atoms with E-state index in [1.165, 1.54) is 6.20 Å². The molecule has 0 aliphatic carbocycles. The van der Waals surface area contributed by atoms with E-state index in [0.717, 1.165) is 12.0 Å². The van der Waals surface area contributed by atoms with Crippen LogP contribution < -0.4 is 20.1 Å². The van der Waals surface area contributed by atoms with Crippen molar-refractivity contribution in [3.63, 3.8) is 0 Å². The number of methoxy groups -OCH3 is 1. The molecule has 0 radical (unpaired) electrons. The number of thiocarbonyl (C=S) groups is 2. The maximum Gasteiger partial charge on any atom is 0.422 e. The Labute approximate surface area is 262 Å². The molecule has 0 bridgehead atoms. The zero-order chi connectivity index (χ0) is 32.2. The van der Waals surface area contributed by atoms with E-state index in [-0.39, 0.29) is 22.5 Å². The summed E-state index contributed by atoms with van der Waals surface area (Å²) in [6, 6.07) is 16.0. The Balaban J connectivity index is 2.53. The molecule has 232 valence electrons. The topological polar surface area (TPSA) is 125 Å². The van der Waals surface area contributed by atoms with Crippen molar-refractivity contribution in [1.82, 2.24) is 15.5 Å². The summed E-state index contributed by atoms with van der Waals surface area (Å²) >= 11 is 10.9. The Morgan fingerprint density at radius 3 is 1.84 bits per heavy atom. The van der Waals surface area contributed by atoms with Gasteiger partial charge in [0, 0.05) is 12.6 Å². The van der Waals surface area contributed by atoms with Gasteiger partial charge in [-0.15, -0.1) is 0 Å². The van der Waals surface area contributed by atoms with Crippen LogP contribution in [0.25, 0.3) is 0 Å². The Morgan fingerprint density at radius 2 is 1.35 bits per heavy atom. The lowest BCUT2D eigenvalue weighted by Gasteiger charge is -2.30. The van der Waals surface area contributed by atoms with Crippen molar-refractivity contribution in [2.75, 3.05) is 7.11 Å². The van der Waals surface area contributed by atoms with E-state index in [2.05, 4.69) is 10.6 Å². The minimum Gasteiger partial charge on any atom is -0.467 e. The number of nitrogens with one attached hydrogen (secondary N) is 2. The number of ether oxygens (including phenoxy) is 5. The van der Waals surface area contributed by atoms with Crippen LogP contribution in [0.1, 0.15) is 48.0 Å². The smallest absolute Gasteiger partial charge is 0.422 e. The van der Waals surface area contributed by atoms with E-state index >= 15 is 0 Å². The predicted octanol–water partition coefficient (Wildman–Crippen LogP) is 5.84.